The molecule has 1 aromatic carbocycles. The predicted molar refractivity (Wildman–Crippen MR) is 80.0 cm³/mol. The maximum Gasteiger partial charge on any atom is 0.260 e. The number of likely N-dealkylation sites (tertiary alicyclic amines) is 1. The molecule has 23 heavy (non-hydrogen) atoms. The molecule has 0 radical (unpaired) electrons. The van der Waals surface area contributed by atoms with E-state index in [2.05, 4.69) is 5.16 Å². The molecule has 1 amide bonds. The highest BCUT2D eigenvalue weighted by Crippen LogP contribution is 2.34. The van der Waals surface area contributed by atoms with Crippen LogP contribution in [0.5, 0.6) is 0 Å². The summed E-state index contributed by atoms with van der Waals surface area (Å²) in [5.74, 6) is -1.41. The van der Waals surface area contributed by atoms with Gasteiger partial charge in [0.1, 0.15) is 28.7 Å². The van der Waals surface area contributed by atoms with Crippen molar-refractivity contribution >= 4 is 5.91 Å². The highest BCUT2D eigenvalue weighted by molar-refractivity contribution is 5.95. The molecule has 0 N–H and O–H groups in total. The van der Waals surface area contributed by atoms with Crippen LogP contribution in [0.2, 0.25) is 0 Å². The van der Waals surface area contributed by atoms with E-state index < -0.39 is 23.1 Å². The summed E-state index contributed by atoms with van der Waals surface area (Å²) in [7, 11) is 0. The van der Waals surface area contributed by atoms with Crippen molar-refractivity contribution in [1.29, 1.82) is 0 Å². The van der Waals surface area contributed by atoms with Crippen molar-refractivity contribution in [2.24, 2.45) is 0 Å². The van der Waals surface area contributed by atoms with Gasteiger partial charge in [-0.25, -0.2) is 8.78 Å². The zero-order valence-electron chi connectivity index (χ0n) is 13.1. The van der Waals surface area contributed by atoms with E-state index in [1.807, 2.05) is 19.9 Å². The molecule has 1 fully saturated rings. The van der Waals surface area contributed by atoms with Crippen LogP contribution in [0, 0.1) is 11.6 Å². The Morgan fingerprint density at radius 3 is 2.65 bits per heavy atom. The smallest absolute Gasteiger partial charge is 0.260 e. The fraction of sp³-hybridized carbons (Fsp3) is 0.412. The summed E-state index contributed by atoms with van der Waals surface area (Å²) in [5.41, 5.74) is 0.128. The summed E-state index contributed by atoms with van der Waals surface area (Å²) in [6.07, 6.45) is 1.46. The molecule has 4 nitrogen and oxygen atoms in total. The summed E-state index contributed by atoms with van der Waals surface area (Å²) in [4.78, 5) is 14.1. The lowest BCUT2D eigenvalue weighted by molar-refractivity contribution is 0.0721. The summed E-state index contributed by atoms with van der Waals surface area (Å²) >= 11 is 0. The minimum absolute atomic E-state index is 0.186. The maximum atomic E-state index is 13.9. The summed E-state index contributed by atoms with van der Waals surface area (Å²) < 4.78 is 33.0. The number of halogens is 2. The van der Waals surface area contributed by atoms with Crippen molar-refractivity contribution in [3.05, 3.63) is 52.9 Å². The molecule has 0 aliphatic carbocycles. The van der Waals surface area contributed by atoms with Gasteiger partial charge in [0.25, 0.3) is 5.91 Å². The van der Waals surface area contributed by atoms with E-state index in [0.29, 0.717) is 18.7 Å². The Balaban J connectivity index is 1.90. The Labute approximate surface area is 133 Å². The molecular weight excluding hydrogens is 302 g/mol. The number of nitrogens with zero attached hydrogens (tertiary/aromatic N) is 2. The molecule has 0 bridgehead atoms. The van der Waals surface area contributed by atoms with E-state index in [1.165, 1.54) is 11.0 Å². The Kier molecular flexibility index (Phi) is 4.15. The molecule has 1 aliphatic rings. The van der Waals surface area contributed by atoms with Gasteiger partial charge in [0.2, 0.25) is 0 Å². The highest BCUT2D eigenvalue weighted by atomic mass is 19.1. The van der Waals surface area contributed by atoms with Crippen LogP contribution < -0.4 is 0 Å². The first kappa shape index (κ1) is 15.6. The zero-order valence-corrected chi connectivity index (χ0v) is 13.1. The zero-order chi connectivity index (χ0) is 16.6. The van der Waals surface area contributed by atoms with Crippen LogP contribution in [0.25, 0.3) is 0 Å². The molecule has 6 heteroatoms. The van der Waals surface area contributed by atoms with Gasteiger partial charge in [-0.2, -0.15) is 0 Å². The van der Waals surface area contributed by atoms with Gasteiger partial charge in [-0.3, -0.25) is 4.79 Å². The Morgan fingerprint density at radius 2 is 2.04 bits per heavy atom. The van der Waals surface area contributed by atoms with Crippen molar-refractivity contribution in [3.8, 4) is 0 Å². The van der Waals surface area contributed by atoms with Gasteiger partial charge in [-0.1, -0.05) is 25.1 Å². The van der Waals surface area contributed by atoms with Crippen molar-refractivity contribution < 1.29 is 18.1 Å². The SMILES string of the molecule is CC(C)c1cc(C2CCCN2C(=O)c2c(F)cccc2F)no1. The van der Waals surface area contributed by atoms with Crippen LogP contribution in [-0.2, 0) is 0 Å². The molecule has 1 atom stereocenters. The summed E-state index contributed by atoms with van der Waals surface area (Å²) in [5, 5.41) is 4.03. The molecule has 1 saturated heterocycles. The van der Waals surface area contributed by atoms with Gasteiger partial charge in [0, 0.05) is 18.5 Å². The minimum Gasteiger partial charge on any atom is -0.361 e. The average Bonchev–Trinajstić information content (AvgIpc) is 3.15. The van der Waals surface area contributed by atoms with Gasteiger partial charge in [0.05, 0.1) is 6.04 Å². The number of hydrogen-bond donors (Lipinski definition) is 0. The van der Waals surface area contributed by atoms with Crippen molar-refractivity contribution in [2.45, 2.75) is 38.6 Å². The number of carbonyl (C=O) groups excluding carboxylic acids is 1. The number of carbonyl (C=O) groups is 1. The fourth-order valence-corrected chi connectivity index (χ4v) is 2.90. The fourth-order valence-electron chi connectivity index (χ4n) is 2.90. The molecule has 1 unspecified atom stereocenters. The van der Waals surface area contributed by atoms with Crippen LogP contribution in [0.1, 0.15) is 60.5 Å². The molecule has 1 aromatic heterocycles. The van der Waals surface area contributed by atoms with E-state index in [9.17, 15) is 13.6 Å². The van der Waals surface area contributed by atoms with E-state index in [0.717, 1.165) is 24.3 Å². The predicted octanol–water partition coefficient (Wildman–Crippen LogP) is 4.05. The quantitative estimate of drug-likeness (QED) is 0.857. The van der Waals surface area contributed by atoms with Crippen molar-refractivity contribution in [1.82, 2.24) is 10.1 Å². The maximum absolute atomic E-state index is 13.9. The second-order valence-electron chi connectivity index (χ2n) is 6.06. The van der Waals surface area contributed by atoms with E-state index in [-0.39, 0.29) is 12.0 Å². The van der Waals surface area contributed by atoms with Gasteiger partial charge in [0.15, 0.2) is 0 Å². The Bertz CT molecular complexity index is 707. The third-order valence-corrected chi connectivity index (χ3v) is 4.15. The van der Waals surface area contributed by atoms with Crippen LogP contribution in [-0.4, -0.2) is 22.5 Å². The topological polar surface area (TPSA) is 46.3 Å². The largest absolute Gasteiger partial charge is 0.361 e. The second-order valence-corrected chi connectivity index (χ2v) is 6.06. The lowest BCUT2D eigenvalue weighted by atomic mass is 10.1. The lowest BCUT2D eigenvalue weighted by Crippen LogP contribution is -2.32. The van der Waals surface area contributed by atoms with Gasteiger partial charge < -0.3 is 9.42 Å². The van der Waals surface area contributed by atoms with Crippen molar-refractivity contribution in [3.63, 3.8) is 0 Å². The number of hydrogen-bond acceptors (Lipinski definition) is 3. The second kappa shape index (κ2) is 6.10. The first-order valence-corrected chi connectivity index (χ1v) is 7.70. The third kappa shape index (κ3) is 2.85. The van der Waals surface area contributed by atoms with Crippen LogP contribution in [0.3, 0.4) is 0 Å². The number of rotatable bonds is 3. The molecule has 2 aromatic rings. The molecule has 0 spiro atoms. The molecule has 2 heterocycles. The average molecular weight is 320 g/mol. The first-order valence-electron chi connectivity index (χ1n) is 7.70. The number of amides is 1. The van der Waals surface area contributed by atoms with Gasteiger partial charge >= 0.3 is 0 Å². The van der Waals surface area contributed by atoms with Crippen molar-refractivity contribution in [2.75, 3.05) is 6.54 Å². The minimum atomic E-state index is -0.844. The standard InChI is InChI=1S/C17H18F2N2O2/c1-10(2)15-9-13(20-23-15)14-7-4-8-21(14)17(22)16-11(18)5-3-6-12(16)19/h3,5-6,9-10,14H,4,7-8H2,1-2H3. The van der Waals surface area contributed by atoms with Crippen LogP contribution in [0.15, 0.2) is 28.8 Å². The van der Waals surface area contributed by atoms with E-state index in [1.54, 1.807) is 0 Å². The molecule has 122 valence electrons. The highest BCUT2D eigenvalue weighted by Gasteiger charge is 2.35. The Hall–Kier alpha value is -2.24. The molecule has 0 saturated carbocycles. The molecular formula is C17H18F2N2O2. The third-order valence-electron chi connectivity index (χ3n) is 4.15. The van der Waals surface area contributed by atoms with Gasteiger partial charge in [-0.15, -0.1) is 0 Å². The molecule has 1 aliphatic heterocycles. The van der Waals surface area contributed by atoms with Crippen LogP contribution >= 0.6 is 0 Å². The normalized spacial score (nSPS) is 18.0. The van der Waals surface area contributed by atoms with Crippen LogP contribution in [0.4, 0.5) is 8.78 Å². The number of benzene rings is 1. The van der Waals surface area contributed by atoms with Gasteiger partial charge in [-0.05, 0) is 25.0 Å². The van der Waals surface area contributed by atoms with E-state index in [4.69, 9.17) is 4.52 Å². The summed E-state index contributed by atoms with van der Waals surface area (Å²) in [6, 6.07) is 4.94. The summed E-state index contributed by atoms with van der Waals surface area (Å²) in [6.45, 7) is 4.41. The number of aromatic nitrogens is 1. The Morgan fingerprint density at radius 1 is 1.35 bits per heavy atom. The first-order chi connectivity index (χ1) is 11.0. The monoisotopic (exact) mass is 320 g/mol. The molecule has 3 rings (SSSR count). The lowest BCUT2D eigenvalue weighted by Gasteiger charge is -2.23. The van der Waals surface area contributed by atoms with E-state index >= 15 is 0 Å².